The number of nitrogens with one attached hydrogen (secondary N) is 1. The predicted molar refractivity (Wildman–Crippen MR) is 104 cm³/mol. The number of carbonyl (C=O) groups excluding carboxylic acids is 1. The molecule has 0 aliphatic heterocycles. The number of aromatic nitrogens is 1. The van der Waals surface area contributed by atoms with Crippen molar-refractivity contribution in [3.8, 4) is 0 Å². The fourth-order valence-electron chi connectivity index (χ4n) is 3.25. The summed E-state index contributed by atoms with van der Waals surface area (Å²) < 4.78 is 5.58. The Bertz CT molecular complexity index is 796. The van der Waals surface area contributed by atoms with Gasteiger partial charge in [0.05, 0.1) is 6.54 Å². The number of oxazole rings is 1. The molecular weight excluding hydrogens is 338 g/mol. The monoisotopic (exact) mass is 367 g/mol. The zero-order valence-corrected chi connectivity index (χ0v) is 16.5. The molecule has 0 atom stereocenters. The third kappa shape index (κ3) is 4.78. The molecule has 144 valence electrons. The molecule has 2 fully saturated rings. The van der Waals surface area contributed by atoms with Gasteiger partial charge < -0.3 is 9.73 Å². The Morgan fingerprint density at radius 2 is 1.85 bits per heavy atom. The van der Waals surface area contributed by atoms with Crippen molar-refractivity contribution < 1.29 is 9.21 Å². The molecule has 0 radical (unpaired) electrons. The van der Waals surface area contributed by atoms with Crippen LogP contribution < -0.4 is 5.32 Å². The van der Waals surface area contributed by atoms with E-state index in [1.165, 1.54) is 30.2 Å². The number of hydrogen-bond acceptors (Lipinski definition) is 4. The minimum Gasteiger partial charge on any atom is -0.447 e. The number of benzene rings is 1. The summed E-state index contributed by atoms with van der Waals surface area (Å²) in [5.74, 6) is 0.498. The fraction of sp³-hybridized carbons (Fsp3) is 0.545. The molecular formula is C22H29N3O2. The molecule has 1 N–H and O–H groups in total. The standard InChI is InChI=1S/C22H29N3O2/c1-22(2,3)16-6-4-15(5-7-16)12-25(18-10-11-18)13-20-24-19(14-27-20)21(26)23-17-8-9-17/h4-7,14,17-18H,8-13H2,1-3H3,(H,23,26). The van der Waals surface area contributed by atoms with Gasteiger partial charge in [0.15, 0.2) is 5.69 Å². The van der Waals surface area contributed by atoms with E-state index < -0.39 is 0 Å². The molecule has 4 rings (SSSR count). The quantitative estimate of drug-likeness (QED) is 0.803. The Kier molecular flexibility index (Phi) is 4.81. The first-order valence-corrected chi connectivity index (χ1v) is 9.97. The van der Waals surface area contributed by atoms with Gasteiger partial charge in [0, 0.05) is 18.6 Å². The average Bonchev–Trinajstić information content (AvgIpc) is 3.54. The number of nitrogens with zero attached hydrogens (tertiary/aromatic N) is 2. The summed E-state index contributed by atoms with van der Waals surface area (Å²) in [7, 11) is 0. The summed E-state index contributed by atoms with van der Waals surface area (Å²) in [6.45, 7) is 8.22. The van der Waals surface area contributed by atoms with Crippen molar-refractivity contribution >= 4 is 5.91 Å². The smallest absolute Gasteiger partial charge is 0.273 e. The van der Waals surface area contributed by atoms with Crippen LogP contribution >= 0.6 is 0 Å². The molecule has 2 saturated carbocycles. The maximum absolute atomic E-state index is 12.1. The number of hydrogen-bond donors (Lipinski definition) is 1. The molecule has 5 nitrogen and oxygen atoms in total. The molecule has 1 amide bonds. The van der Waals surface area contributed by atoms with Crippen molar-refractivity contribution in [1.29, 1.82) is 0 Å². The summed E-state index contributed by atoms with van der Waals surface area (Å²) in [6.07, 6.45) is 6.06. The second-order valence-corrected chi connectivity index (χ2v) is 8.96. The van der Waals surface area contributed by atoms with Crippen molar-refractivity contribution in [2.45, 2.75) is 77.0 Å². The summed E-state index contributed by atoms with van der Waals surface area (Å²) in [6, 6.07) is 9.82. The van der Waals surface area contributed by atoms with Crippen molar-refractivity contribution in [1.82, 2.24) is 15.2 Å². The van der Waals surface area contributed by atoms with Crippen LogP contribution in [0.1, 0.15) is 74.0 Å². The molecule has 1 aromatic heterocycles. The van der Waals surface area contributed by atoms with E-state index in [9.17, 15) is 4.79 Å². The van der Waals surface area contributed by atoms with E-state index in [4.69, 9.17) is 4.42 Å². The van der Waals surface area contributed by atoms with E-state index in [0.717, 1.165) is 19.4 Å². The van der Waals surface area contributed by atoms with E-state index >= 15 is 0 Å². The van der Waals surface area contributed by atoms with Gasteiger partial charge in [-0.3, -0.25) is 9.69 Å². The van der Waals surface area contributed by atoms with Gasteiger partial charge in [-0.25, -0.2) is 4.98 Å². The lowest BCUT2D eigenvalue weighted by Crippen LogP contribution is -2.27. The van der Waals surface area contributed by atoms with Crippen LogP contribution in [0.25, 0.3) is 0 Å². The first-order valence-electron chi connectivity index (χ1n) is 9.97. The fourth-order valence-corrected chi connectivity index (χ4v) is 3.25. The number of amides is 1. The molecule has 27 heavy (non-hydrogen) atoms. The minimum absolute atomic E-state index is 0.122. The maximum Gasteiger partial charge on any atom is 0.273 e. The van der Waals surface area contributed by atoms with Gasteiger partial charge in [-0.1, -0.05) is 45.0 Å². The molecule has 2 aromatic rings. The van der Waals surface area contributed by atoms with E-state index in [-0.39, 0.29) is 11.3 Å². The van der Waals surface area contributed by atoms with Crippen molar-refractivity contribution in [2.24, 2.45) is 0 Å². The molecule has 0 spiro atoms. The van der Waals surface area contributed by atoms with Crippen LogP contribution in [0.3, 0.4) is 0 Å². The van der Waals surface area contributed by atoms with Gasteiger partial charge in [-0.05, 0) is 42.2 Å². The SMILES string of the molecule is CC(C)(C)c1ccc(CN(Cc2nc(C(=O)NC3CC3)co2)C2CC2)cc1. The van der Waals surface area contributed by atoms with Crippen LogP contribution in [0.5, 0.6) is 0 Å². The van der Waals surface area contributed by atoms with Crippen LogP contribution in [-0.4, -0.2) is 27.9 Å². The van der Waals surface area contributed by atoms with Gasteiger partial charge in [0.2, 0.25) is 5.89 Å². The lowest BCUT2D eigenvalue weighted by Gasteiger charge is -2.22. The van der Waals surface area contributed by atoms with Gasteiger partial charge in [-0.15, -0.1) is 0 Å². The lowest BCUT2D eigenvalue weighted by atomic mass is 9.87. The number of carbonyl (C=O) groups is 1. The molecule has 5 heteroatoms. The van der Waals surface area contributed by atoms with Gasteiger partial charge >= 0.3 is 0 Å². The van der Waals surface area contributed by atoms with Crippen LogP contribution in [0.4, 0.5) is 0 Å². The second kappa shape index (κ2) is 7.12. The normalized spacial score (nSPS) is 17.3. The van der Waals surface area contributed by atoms with E-state index in [1.807, 2.05) is 0 Å². The average molecular weight is 367 g/mol. The zero-order valence-electron chi connectivity index (χ0n) is 16.5. The second-order valence-electron chi connectivity index (χ2n) is 8.96. The molecule has 0 saturated heterocycles. The Morgan fingerprint density at radius 3 is 2.44 bits per heavy atom. The van der Waals surface area contributed by atoms with Gasteiger partial charge in [0.1, 0.15) is 6.26 Å². The molecule has 1 heterocycles. The molecule has 1 aromatic carbocycles. The van der Waals surface area contributed by atoms with E-state index in [2.05, 4.69) is 60.2 Å². The predicted octanol–water partition coefficient (Wildman–Crippen LogP) is 4.03. The largest absolute Gasteiger partial charge is 0.447 e. The minimum atomic E-state index is -0.122. The van der Waals surface area contributed by atoms with E-state index in [0.29, 0.717) is 30.2 Å². The van der Waals surface area contributed by atoms with Crippen LogP contribution in [0, 0.1) is 0 Å². The highest BCUT2D eigenvalue weighted by Crippen LogP contribution is 2.30. The highest BCUT2D eigenvalue weighted by Gasteiger charge is 2.31. The number of rotatable bonds is 7. The first kappa shape index (κ1) is 18.2. The Labute approximate surface area is 161 Å². The summed E-state index contributed by atoms with van der Waals surface area (Å²) >= 11 is 0. The summed E-state index contributed by atoms with van der Waals surface area (Å²) in [4.78, 5) is 18.9. The highest BCUT2D eigenvalue weighted by molar-refractivity contribution is 5.92. The van der Waals surface area contributed by atoms with Crippen LogP contribution in [-0.2, 0) is 18.5 Å². The molecule has 2 aliphatic rings. The maximum atomic E-state index is 12.1. The molecule has 2 aliphatic carbocycles. The Morgan fingerprint density at radius 1 is 1.15 bits per heavy atom. The van der Waals surface area contributed by atoms with Crippen molar-refractivity contribution in [3.63, 3.8) is 0 Å². The van der Waals surface area contributed by atoms with Crippen molar-refractivity contribution in [2.75, 3.05) is 0 Å². The highest BCUT2D eigenvalue weighted by atomic mass is 16.3. The van der Waals surface area contributed by atoms with Gasteiger partial charge in [-0.2, -0.15) is 0 Å². The van der Waals surface area contributed by atoms with Crippen LogP contribution in [0.2, 0.25) is 0 Å². The lowest BCUT2D eigenvalue weighted by molar-refractivity contribution is 0.0946. The zero-order chi connectivity index (χ0) is 19.0. The van der Waals surface area contributed by atoms with Crippen LogP contribution in [0.15, 0.2) is 34.9 Å². The molecule has 0 unspecified atom stereocenters. The Balaban J connectivity index is 1.40. The van der Waals surface area contributed by atoms with E-state index in [1.54, 1.807) is 0 Å². The first-order chi connectivity index (χ1) is 12.9. The topological polar surface area (TPSA) is 58.4 Å². The third-order valence-corrected chi connectivity index (χ3v) is 5.30. The third-order valence-electron chi connectivity index (χ3n) is 5.30. The Hall–Kier alpha value is -2.14. The summed E-state index contributed by atoms with van der Waals surface area (Å²) in [5.41, 5.74) is 3.21. The molecule has 0 bridgehead atoms. The summed E-state index contributed by atoms with van der Waals surface area (Å²) in [5, 5.41) is 2.95. The van der Waals surface area contributed by atoms with Crippen molar-refractivity contribution in [3.05, 3.63) is 53.2 Å². The van der Waals surface area contributed by atoms with Gasteiger partial charge in [0.25, 0.3) is 5.91 Å².